The van der Waals surface area contributed by atoms with E-state index in [4.69, 9.17) is 9.47 Å². The maximum absolute atomic E-state index is 14.5. The fourth-order valence-electron chi connectivity index (χ4n) is 4.98. The molecule has 2 heterocycles. The Bertz CT molecular complexity index is 1110. The van der Waals surface area contributed by atoms with Crippen molar-refractivity contribution in [2.24, 2.45) is 5.92 Å². The smallest absolute Gasteiger partial charge is 0.416 e. The number of cyclic esters (lactones) is 1. The standard InChI is InChI=1S/C25H24F4N2O4/c26-20-4-2-1-3-19(20)21(9-15-5-7-17(8-6-15)25(27,28)29)35-18-12-31(13-18)22(32)16-10-24(11-16)14-34-23(33)30-24/h1-8,16,18,21H,9-14H2,(H,30,33). The molecule has 186 valence electrons. The molecular formula is C25H24F4N2O4. The number of nitrogens with one attached hydrogen (secondary N) is 1. The van der Waals surface area contributed by atoms with Crippen molar-refractivity contribution in [1.29, 1.82) is 0 Å². The van der Waals surface area contributed by atoms with Crippen LogP contribution in [0.3, 0.4) is 0 Å². The largest absolute Gasteiger partial charge is 0.447 e. The quantitative estimate of drug-likeness (QED) is 0.613. The van der Waals surface area contributed by atoms with Gasteiger partial charge < -0.3 is 19.7 Å². The van der Waals surface area contributed by atoms with Gasteiger partial charge in [0.25, 0.3) is 0 Å². The minimum Gasteiger partial charge on any atom is -0.447 e. The number of halogens is 4. The molecule has 0 bridgehead atoms. The van der Waals surface area contributed by atoms with Crippen LogP contribution in [-0.2, 0) is 26.9 Å². The monoisotopic (exact) mass is 492 g/mol. The van der Waals surface area contributed by atoms with E-state index in [1.807, 2.05) is 0 Å². The molecule has 1 spiro atoms. The van der Waals surface area contributed by atoms with E-state index >= 15 is 0 Å². The van der Waals surface area contributed by atoms with Gasteiger partial charge in [0.1, 0.15) is 12.4 Å². The van der Waals surface area contributed by atoms with Crippen LogP contribution in [0.15, 0.2) is 48.5 Å². The molecule has 2 amide bonds. The zero-order chi connectivity index (χ0) is 24.8. The highest BCUT2D eigenvalue weighted by Crippen LogP contribution is 2.42. The molecule has 1 N–H and O–H groups in total. The number of benzene rings is 2. The second kappa shape index (κ2) is 8.82. The van der Waals surface area contributed by atoms with Gasteiger partial charge in [0.2, 0.25) is 5.91 Å². The third-order valence-electron chi connectivity index (χ3n) is 6.94. The zero-order valence-corrected chi connectivity index (χ0v) is 18.7. The molecule has 0 aromatic heterocycles. The van der Waals surface area contributed by atoms with Crippen LogP contribution in [0.5, 0.6) is 0 Å². The fourth-order valence-corrected chi connectivity index (χ4v) is 4.98. The Labute approximate surface area is 199 Å². The third kappa shape index (κ3) is 4.84. The highest BCUT2D eigenvalue weighted by atomic mass is 19.4. The zero-order valence-electron chi connectivity index (χ0n) is 18.7. The molecule has 2 aliphatic heterocycles. The molecule has 1 unspecified atom stereocenters. The first-order chi connectivity index (χ1) is 16.6. The lowest BCUT2D eigenvalue weighted by Gasteiger charge is -2.47. The van der Waals surface area contributed by atoms with Crippen LogP contribution in [0.2, 0.25) is 0 Å². The SMILES string of the molecule is O=C1NC2(CO1)CC(C(=O)N1CC(OC(Cc3ccc(C(F)(F)F)cc3)c3ccccc3F)C1)C2. The van der Waals surface area contributed by atoms with E-state index in [9.17, 15) is 27.2 Å². The molecule has 3 aliphatic rings. The van der Waals surface area contributed by atoms with Crippen LogP contribution in [0.4, 0.5) is 22.4 Å². The van der Waals surface area contributed by atoms with E-state index < -0.39 is 35.3 Å². The number of carbonyl (C=O) groups excluding carboxylic acids is 2. The van der Waals surface area contributed by atoms with Crippen molar-refractivity contribution in [2.75, 3.05) is 19.7 Å². The number of hydrogen-bond acceptors (Lipinski definition) is 4. The summed E-state index contributed by atoms with van der Waals surface area (Å²) < 4.78 is 64.3. The first-order valence-electron chi connectivity index (χ1n) is 11.4. The van der Waals surface area contributed by atoms with Gasteiger partial charge in [0.15, 0.2) is 0 Å². The summed E-state index contributed by atoms with van der Waals surface area (Å²) in [5.41, 5.74) is -0.288. The molecule has 2 saturated heterocycles. The summed E-state index contributed by atoms with van der Waals surface area (Å²) in [6.07, 6.45) is -4.67. The van der Waals surface area contributed by atoms with Gasteiger partial charge in [-0.3, -0.25) is 4.79 Å². The molecule has 10 heteroatoms. The molecule has 35 heavy (non-hydrogen) atoms. The first kappa shape index (κ1) is 23.6. The molecule has 1 atom stereocenters. The Hall–Kier alpha value is -3.14. The van der Waals surface area contributed by atoms with Crippen LogP contribution in [0, 0.1) is 11.7 Å². The average Bonchev–Trinajstić information content (AvgIpc) is 3.16. The van der Waals surface area contributed by atoms with E-state index in [0.717, 1.165) is 12.1 Å². The number of nitrogens with zero attached hydrogens (tertiary/aromatic N) is 1. The van der Waals surface area contributed by atoms with Crippen molar-refractivity contribution in [3.05, 3.63) is 71.0 Å². The molecular weight excluding hydrogens is 468 g/mol. The highest BCUT2D eigenvalue weighted by molar-refractivity contribution is 5.82. The fraction of sp³-hybridized carbons (Fsp3) is 0.440. The van der Waals surface area contributed by atoms with Gasteiger partial charge in [-0.15, -0.1) is 0 Å². The number of alkyl carbamates (subject to hydrolysis) is 1. The minimum absolute atomic E-state index is 0.0122. The van der Waals surface area contributed by atoms with Crippen molar-refractivity contribution in [3.63, 3.8) is 0 Å². The van der Waals surface area contributed by atoms with Gasteiger partial charge in [-0.1, -0.05) is 30.3 Å². The Morgan fingerprint density at radius 2 is 1.83 bits per heavy atom. The summed E-state index contributed by atoms with van der Waals surface area (Å²) in [7, 11) is 0. The lowest BCUT2D eigenvalue weighted by atomic mass is 9.68. The molecule has 2 aromatic rings. The molecule has 6 nitrogen and oxygen atoms in total. The summed E-state index contributed by atoms with van der Waals surface area (Å²) in [5.74, 6) is -0.661. The van der Waals surface area contributed by atoms with Gasteiger partial charge in [0, 0.05) is 31.0 Å². The maximum atomic E-state index is 14.5. The van der Waals surface area contributed by atoms with E-state index in [1.54, 1.807) is 23.1 Å². The Kier molecular flexibility index (Phi) is 5.94. The van der Waals surface area contributed by atoms with Crippen molar-refractivity contribution in [2.45, 2.75) is 43.2 Å². The Morgan fingerprint density at radius 3 is 2.43 bits per heavy atom. The summed E-state index contributed by atoms with van der Waals surface area (Å²) in [4.78, 5) is 25.7. The summed E-state index contributed by atoms with van der Waals surface area (Å²) in [6.45, 7) is 0.974. The van der Waals surface area contributed by atoms with E-state index in [0.29, 0.717) is 37.1 Å². The second-order valence-electron chi connectivity index (χ2n) is 9.50. The normalized spacial score (nSPS) is 25.0. The van der Waals surface area contributed by atoms with Gasteiger partial charge in [-0.25, -0.2) is 9.18 Å². The predicted octanol–water partition coefficient (Wildman–Crippen LogP) is 4.24. The van der Waals surface area contributed by atoms with Gasteiger partial charge >= 0.3 is 12.3 Å². The van der Waals surface area contributed by atoms with Gasteiger partial charge in [0.05, 0.1) is 23.3 Å². The van der Waals surface area contributed by atoms with E-state index in [1.165, 1.54) is 18.2 Å². The van der Waals surface area contributed by atoms with Crippen LogP contribution in [0.25, 0.3) is 0 Å². The average molecular weight is 492 g/mol. The van der Waals surface area contributed by atoms with Gasteiger partial charge in [-0.05, 0) is 36.6 Å². The topological polar surface area (TPSA) is 67.9 Å². The van der Waals surface area contributed by atoms with Crippen LogP contribution in [-0.4, -0.2) is 48.2 Å². The first-order valence-corrected chi connectivity index (χ1v) is 11.4. The number of alkyl halides is 3. The summed E-state index contributed by atoms with van der Waals surface area (Å²) >= 11 is 0. The van der Waals surface area contributed by atoms with E-state index in [2.05, 4.69) is 5.32 Å². The minimum atomic E-state index is -4.43. The number of carbonyl (C=O) groups is 2. The van der Waals surface area contributed by atoms with Crippen molar-refractivity contribution < 1.29 is 36.6 Å². The molecule has 2 aromatic carbocycles. The predicted molar refractivity (Wildman–Crippen MR) is 116 cm³/mol. The maximum Gasteiger partial charge on any atom is 0.416 e. The number of likely N-dealkylation sites (tertiary alicyclic amines) is 1. The summed E-state index contributed by atoms with van der Waals surface area (Å²) in [6, 6.07) is 10.9. The lowest BCUT2D eigenvalue weighted by Crippen LogP contribution is -2.62. The second-order valence-corrected chi connectivity index (χ2v) is 9.50. The van der Waals surface area contributed by atoms with Crippen LogP contribution >= 0.6 is 0 Å². The number of amides is 2. The van der Waals surface area contributed by atoms with Gasteiger partial charge in [-0.2, -0.15) is 13.2 Å². The molecule has 0 radical (unpaired) electrons. The molecule has 1 aliphatic carbocycles. The highest BCUT2D eigenvalue weighted by Gasteiger charge is 2.54. The number of hydrogen-bond donors (Lipinski definition) is 1. The van der Waals surface area contributed by atoms with Crippen molar-refractivity contribution >= 4 is 12.0 Å². The van der Waals surface area contributed by atoms with Crippen LogP contribution < -0.4 is 5.32 Å². The molecule has 1 saturated carbocycles. The van der Waals surface area contributed by atoms with E-state index in [-0.39, 0.29) is 31.0 Å². The molecule has 3 fully saturated rings. The lowest BCUT2D eigenvalue weighted by molar-refractivity contribution is -0.159. The number of ether oxygens (including phenoxy) is 2. The van der Waals surface area contributed by atoms with Crippen LogP contribution in [0.1, 0.15) is 35.6 Å². The summed E-state index contributed by atoms with van der Waals surface area (Å²) in [5, 5.41) is 2.77. The third-order valence-corrected chi connectivity index (χ3v) is 6.94. The van der Waals surface area contributed by atoms with Crippen molar-refractivity contribution in [1.82, 2.24) is 10.2 Å². The number of rotatable bonds is 6. The molecule has 5 rings (SSSR count). The Balaban J connectivity index is 1.20. The Morgan fingerprint density at radius 1 is 1.14 bits per heavy atom. The van der Waals surface area contributed by atoms with Crippen molar-refractivity contribution in [3.8, 4) is 0 Å².